The highest BCUT2D eigenvalue weighted by atomic mass is 15.0. The predicted molar refractivity (Wildman–Crippen MR) is 306 cm³/mol. The van der Waals surface area contributed by atoms with Gasteiger partial charge in [-0.1, -0.05) is 238 Å². The summed E-state index contributed by atoms with van der Waals surface area (Å²) in [6, 6.07) is 53.9. The molecule has 0 aliphatic rings. The van der Waals surface area contributed by atoms with Crippen molar-refractivity contribution >= 4 is 87.1 Å². The lowest BCUT2D eigenvalue weighted by molar-refractivity contribution is 0.969. The molecule has 0 saturated heterocycles. The van der Waals surface area contributed by atoms with Gasteiger partial charge in [0.2, 0.25) is 0 Å². The Balaban J connectivity index is 0.000000445. The molecule has 0 atom stereocenters. The van der Waals surface area contributed by atoms with Gasteiger partial charge in [-0.15, -0.1) is 0 Å². The summed E-state index contributed by atoms with van der Waals surface area (Å²) in [7, 11) is 8.54. The summed E-state index contributed by atoms with van der Waals surface area (Å²) in [6.07, 6.45) is 2.07. The quantitative estimate of drug-likeness (QED) is 0.145. The van der Waals surface area contributed by atoms with Crippen LogP contribution in [0.2, 0.25) is 0 Å². The summed E-state index contributed by atoms with van der Waals surface area (Å²) < 4.78 is 9.07. The van der Waals surface area contributed by atoms with E-state index in [1.807, 2.05) is 111 Å². The summed E-state index contributed by atoms with van der Waals surface area (Å²) in [4.78, 5) is 0. The summed E-state index contributed by atoms with van der Waals surface area (Å²) >= 11 is 0. The first-order valence-corrected chi connectivity index (χ1v) is 25.2. The number of hydrogen-bond acceptors (Lipinski definition) is 0. The van der Waals surface area contributed by atoms with Gasteiger partial charge < -0.3 is 18.3 Å². The van der Waals surface area contributed by atoms with Crippen molar-refractivity contribution in [1.29, 1.82) is 0 Å². The predicted octanol–water partition coefficient (Wildman–Crippen LogP) is 19.8. The minimum absolute atomic E-state index is 1.29. The fourth-order valence-corrected chi connectivity index (χ4v) is 8.11. The lowest BCUT2D eigenvalue weighted by atomic mass is 10.0. The third-order valence-corrected chi connectivity index (χ3v) is 10.5. The topological polar surface area (TPSA) is 19.7 Å². The molecule has 0 saturated carbocycles. The third kappa shape index (κ3) is 12.1. The minimum atomic E-state index is 1.29. The molecule has 354 valence electrons. The molecule has 0 aliphatic heterocycles. The van der Waals surface area contributed by atoms with Gasteiger partial charge >= 0.3 is 0 Å². The number of fused-ring (bicyclic) bond motifs is 13. The molecule has 4 heteroatoms. The lowest BCUT2D eigenvalue weighted by Crippen LogP contribution is -1.88. The van der Waals surface area contributed by atoms with Crippen molar-refractivity contribution in [2.24, 2.45) is 28.2 Å². The minimum Gasteiger partial charge on any atom is -0.351 e. The van der Waals surface area contributed by atoms with Gasteiger partial charge in [0.05, 0.1) is 33.1 Å². The number of nitrogens with zero attached hydrogens (tertiary/aromatic N) is 4. The van der Waals surface area contributed by atoms with Gasteiger partial charge in [-0.05, 0) is 40.4 Å². The molecule has 11 aromatic rings. The number of para-hydroxylation sites is 3. The Morgan fingerprint density at radius 3 is 0.894 bits per heavy atom. The smallest absolute Gasteiger partial charge is 0.0751 e. The van der Waals surface area contributed by atoms with Crippen LogP contribution in [0, 0.1) is 0 Å². The lowest BCUT2D eigenvalue weighted by Gasteiger charge is -2.04. The zero-order chi connectivity index (χ0) is 49.9. The average Bonchev–Trinajstić information content (AvgIpc) is 4.14. The Morgan fingerprint density at radius 2 is 0.530 bits per heavy atom. The van der Waals surface area contributed by atoms with E-state index in [1.54, 1.807) is 0 Å². The standard InChI is InChI=1S/C21H15N.C16H14N2.C9H9N.8C2H6/c1-22-20-16-8-4-2-6-14(16)10-12-18(20)19-13-11-15-7-3-5-9-17(15)21(19)22;1-17-13-9-5-3-7-11(13)16-15(17)12-8-4-6-10-14(12)18(16)2;1-10-7-6-8-4-2-3-5-9(8)10;8*1-2/h2-13H,1H3;3-10H,1-2H3;2-7H,1H3;8*1-2H3. The van der Waals surface area contributed by atoms with Crippen molar-refractivity contribution in [3.63, 3.8) is 0 Å². The molecule has 0 radical (unpaired) electrons. The number of aromatic nitrogens is 4. The van der Waals surface area contributed by atoms with Crippen LogP contribution in [0.1, 0.15) is 111 Å². The first-order chi connectivity index (χ1) is 32.5. The molecule has 0 spiro atoms. The molecule has 66 heavy (non-hydrogen) atoms. The Kier molecular flexibility index (Phi) is 27.0. The van der Waals surface area contributed by atoms with Crippen LogP contribution < -0.4 is 0 Å². The van der Waals surface area contributed by atoms with Crippen LogP contribution in [0.15, 0.2) is 158 Å². The second kappa shape index (κ2) is 30.8. The van der Waals surface area contributed by atoms with E-state index < -0.39 is 0 Å². The molecule has 0 unspecified atom stereocenters. The zero-order valence-corrected chi connectivity index (χ0v) is 44.8. The van der Waals surface area contributed by atoms with Crippen LogP contribution in [-0.4, -0.2) is 18.3 Å². The van der Waals surface area contributed by atoms with Crippen molar-refractivity contribution in [3.8, 4) is 0 Å². The molecule has 4 aromatic heterocycles. The van der Waals surface area contributed by atoms with E-state index >= 15 is 0 Å². The van der Waals surface area contributed by atoms with Gasteiger partial charge in [0.1, 0.15) is 0 Å². The van der Waals surface area contributed by atoms with Gasteiger partial charge in [-0.25, -0.2) is 0 Å². The number of aryl methyl sites for hydroxylation is 4. The highest BCUT2D eigenvalue weighted by Gasteiger charge is 2.16. The fourth-order valence-electron chi connectivity index (χ4n) is 8.11. The van der Waals surface area contributed by atoms with Crippen LogP contribution >= 0.6 is 0 Å². The van der Waals surface area contributed by atoms with Crippen LogP contribution in [-0.2, 0) is 28.2 Å². The van der Waals surface area contributed by atoms with Gasteiger partial charge in [-0.3, -0.25) is 0 Å². The van der Waals surface area contributed by atoms with Crippen LogP contribution in [0.3, 0.4) is 0 Å². The molecule has 0 aliphatic carbocycles. The van der Waals surface area contributed by atoms with Crippen molar-refractivity contribution < 1.29 is 0 Å². The second-order valence-electron chi connectivity index (χ2n) is 13.3. The SMILES string of the molecule is CC.CC.CC.CC.CC.CC.CC.CC.Cn1c2c3ccccc3ccc2c2ccc3ccccc3c21.Cn1c2ccccc2c2c1c1ccccc1n2C.Cn1ccc2ccccc21. The van der Waals surface area contributed by atoms with E-state index in [4.69, 9.17) is 0 Å². The third-order valence-electron chi connectivity index (χ3n) is 10.5. The first-order valence-electron chi connectivity index (χ1n) is 25.2. The molecule has 0 amide bonds. The van der Waals surface area contributed by atoms with Crippen molar-refractivity contribution in [1.82, 2.24) is 18.3 Å². The second-order valence-corrected chi connectivity index (χ2v) is 13.3. The molecular formula is C62H86N4. The zero-order valence-electron chi connectivity index (χ0n) is 44.8. The Bertz CT molecular complexity index is 2870. The van der Waals surface area contributed by atoms with Gasteiger partial charge in [0, 0.05) is 72.2 Å². The van der Waals surface area contributed by atoms with Gasteiger partial charge in [0.15, 0.2) is 0 Å². The van der Waals surface area contributed by atoms with E-state index in [0.29, 0.717) is 0 Å². The summed E-state index contributed by atoms with van der Waals surface area (Å²) in [5, 5.41) is 11.9. The summed E-state index contributed by atoms with van der Waals surface area (Å²) in [5.74, 6) is 0. The molecule has 7 aromatic carbocycles. The average molecular weight is 887 g/mol. The van der Waals surface area contributed by atoms with E-state index in [9.17, 15) is 0 Å². The number of benzene rings is 7. The summed E-state index contributed by atoms with van der Waals surface area (Å²) in [6.45, 7) is 32.0. The molecule has 0 bridgehead atoms. The molecule has 0 N–H and O–H groups in total. The highest BCUT2D eigenvalue weighted by Crippen LogP contribution is 2.37. The van der Waals surface area contributed by atoms with Crippen LogP contribution in [0.4, 0.5) is 0 Å². The van der Waals surface area contributed by atoms with Gasteiger partial charge in [0.25, 0.3) is 0 Å². The van der Waals surface area contributed by atoms with Crippen molar-refractivity contribution in [2.75, 3.05) is 0 Å². The molecule has 0 fully saturated rings. The van der Waals surface area contributed by atoms with E-state index in [-0.39, 0.29) is 0 Å². The molecule has 11 rings (SSSR count). The van der Waals surface area contributed by atoms with Crippen molar-refractivity contribution in [2.45, 2.75) is 111 Å². The van der Waals surface area contributed by atoms with E-state index in [2.05, 4.69) is 204 Å². The molecular weight excluding hydrogens is 801 g/mol. The normalized spacial score (nSPS) is 9.52. The number of hydrogen-bond donors (Lipinski definition) is 0. The fraction of sp³-hybridized carbons (Fsp3) is 0.323. The Labute approximate surface area is 400 Å². The van der Waals surface area contributed by atoms with Gasteiger partial charge in [-0.2, -0.15) is 0 Å². The highest BCUT2D eigenvalue weighted by molar-refractivity contribution is 6.23. The number of rotatable bonds is 0. The largest absolute Gasteiger partial charge is 0.351 e. The van der Waals surface area contributed by atoms with Crippen molar-refractivity contribution in [3.05, 3.63) is 158 Å². The van der Waals surface area contributed by atoms with Crippen LogP contribution in [0.5, 0.6) is 0 Å². The van der Waals surface area contributed by atoms with E-state index in [1.165, 1.54) is 87.1 Å². The maximum absolute atomic E-state index is 2.36. The Morgan fingerprint density at radius 1 is 0.227 bits per heavy atom. The maximum Gasteiger partial charge on any atom is 0.0751 e. The summed E-state index contributed by atoms with van der Waals surface area (Å²) in [5.41, 5.74) is 9.19. The van der Waals surface area contributed by atoms with Crippen LogP contribution in [0.25, 0.3) is 87.1 Å². The molecule has 4 nitrogen and oxygen atoms in total. The maximum atomic E-state index is 2.36. The van der Waals surface area contributed by atoms with E-state index in [0.717, 1.165) is 0 Å². The first kappa shape index (κ1) is 57.8. The Hall–Kier alpha value is -6.26. The molecule has 4 heterocycles. The monoisotopic (exact) mass is 887 g/mol.